The van der Waals surface area contributed by atoms with Gasteiger partial charge in [0, 0.05) is 0 Å². The lowest BCUT2D eigenvalue weighted by atomic mass is 10.0. The molecule has 0 aromatic carbocycles. The summed E-state index contributed by atoms with van der Waals surface area (Å²) in [6.45, 7) is -0.199. The van der Waals surface area contributed by atoms with E-state index < -0.39 is 49.3 Å². The summed E-state index contributed by atoms with van der Waals surface area (Å²) in [4.78, 5) is 11.6. The van der Waals surface area contributed by atoms with Crippen LogP contribution in [0.3, 0.4) is 0 Å². The molecule has 20 heavy (non-hydrogen) atoms. The minimum atomic E-state index is -2.06. The Morgan fingerprint density at radius 2 is 1.80 bits per heavy atom. The van der Waals surface area contributed by atoms with Crippen LogP contribution in [0.4, 0.5) is 0 Å². The molecule has 0 amide bonds. The molecule has 1 fully saturated rings. The van der Waals surface area contributed by atoms with Gasteiger partial charge in [0.15, 0.2) is 0 Å². The van der Waals surface area contributed by atoms with Crippen LogP contribution in [0.25, 0.3) is 0 Å². The molecule has 0 radical (unpaired) electrons. The zero-order valence-electron chi connectivity index (χ0n) is 10.8. The third kappa shape index (κ3) is 4.35. The van der Waals surface area contributed by atoms with Crippen LogP contribution in [0.1, 0.15) is 12.8 Å². The van der Waals surface area contributed by atoms with Crippen molar-refractivity contribution in [1.82, 2.24) is 5.32 Å². The van der Waals surface area contributed by atoms with Crippen molar-refractivity contribution in [2.45, 2.75) is 49.6 Å². The first kappa shape index (κ1) is 17.2. The monoisotopic (exact) mass is 295 g/mol. The van der Waals surface area contributed by atoms with E-state index in [2.05, 4.69) is 10.1 Å². The molecule has 1 aliphatic heterocycles. The molecule has 1 aliphatic rings. The highest BCUT2D eigenvalue weighted by Gasteiger charge is 2.37. The predicted octanol–water partition coefficient (Wildman–Crippen LogP) is -3.96. The van der Waals surface area contributed by atoms with Gasteiger partial charge in [-0.15, -0.1) is 0 Å². The van der Waals surface area contributed by atoms with E-state index in [1.54, 1.807) is 0 Å². The molecule has 1 unspecified atom stereocenters. The first-order valence-electron chi connectivity index (χ1n) is 6.33. The quantitative estimate of drug-likeness (QED) is 0.184. The van der Waals surface area contributed by atoms with E-state index >= 15 is 0 Å². The normalized spacial score (nSPS) is 26.6. The fourth-order valence-corrected chi connectivity index (χ4v) is 1.86. The van der Waals surface area contributed by atoms with Crippen molar-refractivity contribution in [2.24, 2.45) is 0 Å². The van der Waals surface area contributed by atoms with Crippen LogP contribution < -0.4 is 5.32 Å². The van der Waals surface area contributed by atoms with Gasteiger partial charge in [-0.2, -0.15) is 0 Å². The number of ether oxygens (including phenoxy) is 1. The molecule has 6 atom stereocenters. The smallest absolute Gasteiger partial charge is 0.325 e. The maximum atomic E-state index is 11.6. The highest BCUT2D eigenvalue weighted by Crippen LogP contribution is 2.12. The van der Waals surface area contributed by atoms with Crippen molar-refractivity contribution in [2.75, 3.05) is 13.2 Å². The van der Waals surface area contributed by atoms with Crippen molar-refractivity contribution in [1.29, 1.82) is 0 Å². The SMILES string of the molecule is O=C(OC(O)[C@H](O)[C@@H](O)[C@H](O)[C@H](O)CO)[C@@H]1CCCN1. The summed E-state index contributed by atoms with van der Waals surface area (Å²) < 4.78 is 4.57. The third-order valence-electron chi connectivity index (χ3n) is 3.15. The number of hydrogen-bond donors (Lipinski definition) is 7. The van der Waals surface area contributed by atoms with E-state index in [1.165, 1.54) is 0 Å². The Balaban J connectivity index is 2.48. The molecule has 118 valence electrons. The van der Waals surface area contributed by atoms with Crippen molar-refractivity contribution in [3.63, 3.8) is 0 Å². The summed E-state index contributed by atoms with van der Waals surface area (Å²) in [7, 11) is 0. The van der Waals surface area contributed by atoms with Crippen LogP contribution in [0, 0.1) is 0 Å². The number of esters is 1. The van der Waals surface area contributed by atoms with Gasteiger partial charge in [0.25, 0.3) is 0 Å². The molecule has 1 saturated heterocycles. The molecule has 0 spiro atoms. The Hall–Kier alpha value is -0.810. The molecule has 9 heteroatoms. The summed E-state index contributed by atoms with van der Waals surface area (Å²) in [6, 6.07) is -0.582. The molecule has 0 saturated carbocycles. The number of aliphatic hydroxyl groups is 6. The Morgan fingerprint density at radius 1 is 1.15 bits per heavy atom. The zero-order chi connectivity index (χ0) is 15.3. The Labute approximate surface area is 115 Å². The fraction of sp³-hybridized carbons (Fsp3) is 0.909. The van der Waals surface area contributed by atoms with Crippen molar-refractivity contribution >= 4 is 5.97 Å². The molecule has 7 N–H and O–H groups in total. The highest BCUT2D eigenvalue weighted by molar-refractivity contribution is 5.76. The van der Waals surface area contributed by atoms with Crippen LogP contribution in [0.2, 0.25) is 0 Å². The number of aliphatic hydroxyl groups excluding tert-OH is 6. The third-order valence-corrected chi connectivity index (χ3v) is 3.15. The predicted molar refractivity (Wildman–Crippen MR) is 64.2 cm³/mol. The van der Waals surface area contributed by atoms with E-state index in [0.717, 1.165) is 6.42 Å². The fourth-order valence-electron chi connectivity index (χ4n) is 1.86. The minimum Gasteiger partial charge on any atom is -0.432 e. The second-order valence-corrected chi connectivity index (χ2v) is 4.70. The topological polar surface area (TPSA) is 160 Å². The zero-order valence-corrected chi connectivity index (χ0v) is 10.8. The number of nitrogens with one attached hydrogen (secondary N) is 1. The molecule has 0 aliphatic carbocycles. The largest absolute Gasteiger partial charge is 0.432 e. The van der Waals surface area contributed by atoms with Crippen molar-refractivity contribution in [3.05, 3.63) is 0 Å². The van der Waals surface area contributed by atoms with Crippen LogP contribution in [0.5, 0.6) is 0 Å². The van der Waals surface area contributed by atoms with E-state index in [0.29, 0.717) is 13.0 Å². The molecule has 0 bridgehead atoms. The minimum absolute atomic E-state index is 0.538. The first-order valence-corrected chi connectivity index (χ1v) is 6.33. The molecule has 1 rings (SSSR count). The average Bonchev–Trinajstić information content (AvgIpc) is 2.98. The van der Waals surface area contributed by atoms with Gasteiger partial charge in [-0.1, -0.05) is 0 Å². The average molecular weight is 295 g/mol. The summed E-state index contributed by atoms with van der Waals surface area (Å²) >= 11 is 0. The van der Waals surface area contributed by atoms with E-state index in [-0.39, 0.29) is 0 Å². The molecule has 1 heterocycles. The van der Waals surface area contributed by atoms with Gasteiger partial charge in [0.2, 0.25) is 6.29 Å². The Bertz CT molecular complexity index is 309. The lowest BCUT2D eigenvalue weighted by Crippen LogP contribution is -2.51. The molecule has 9 nitrogen and oxygen atoms in total. The van der Waals surface area contributed by atoms with E-state index in [1.807, 2.05) is 0 Å². The van der Waals surface area contributed by atoms with Gasteiger partial charge >= 0.3 is 5.97 Å². The summed E-state index contributed by atoms with van der Waals surface area (Å²) in [5.74, 6) is -0.779. The molecule has 0 aromatic rings. The standard InChI is InChI=1S/C11H21NO8/c13-4-6(14)7(15)8(16)9(17)11(19)20-10(18)5-2-1-3-12-5/h5-9,11-17,19H,1-4H2/t5-,6+,7+,8-,9+,11?/m0/s1. The number of carbonyl (C=O) groups is 1. The lowest BCUT2D eigenvalue weighted by molar-refractivity contribution is -0.214. The lowest BCUT2D eigenvalue weighted by Gasteiger charge is -2.28. The molecular formula is C11H21NO8. The summed E-state index contributed by atoms with van der Waals surface area (Å²) in [5.41, 5.74) is 0. The highest BCUT2D eigenvalue weighted by atomic mass is 16.6. The summed E-state index contributed by atoms with van der Waals surface area (Å²) in [5, 5.41) is 58.4. The second kappa shape index (κ2) is 7.84. The van der Waals surface area contributed by atoms with Crippen LogP contribution in [-0.4, -0.2) is 86.5 Å². The van der Waals surface area contributed by atoms with E-state index in [9.17, 15) is 25.2 Å². The maximum Gasteiger partial charge on any atom is 0.325 e. The first-order chi connectivity index (χ1) is 9.38. The molecule has 0 aromatic heterocycles. The van der Waals surface area contributed by atoms with Gasteiger partial charge in [-0.25, -0.2) is 0 Å². The second-order valence-electron chi connectivity index (χ2n) is 4.70. The van der Waals surface area contributed by atoms with Gasteiger partial charge in [-0.05, 0) is 19.4 Å². The van der Waals surface area contributed by atoms with Gasteiger partial charge in [0.05, 0.1) is 6.61 Å². The van der Waals surface area contributed by atoms with Crippen molar-refractivity contribution in [3.8, 4) is 0 Å². The van der Waals surface area contributed by atoms with Gasteiger partial charge in [0.1, 0.15) is 30.5 Å². The number of rotatable bonds is 7. The Morgan fingerprint density at radius 3 is 2.30 bits per heavy atom. The van der Waals surface area contributed by atoms with Gasteiger partial charge in [-0.3, -0.25) is 4.79 Å². The van der Waals surface area contributed by atoms with Crippen molar-refractivity contribution < 1.29 is 40.2 Å². The van der Waals surface area contributed by atoms with E-state index in [4.69, 9.17) is 10.2 Å². The summed E-state index contributed by atoms with van der Waals surface area (Å²) in [6.07, 6.45) is -8.33. The maximum absolute atomic E-state index is 11.6. The number of hydrogen-bond acceptors (Lipinski definition) is 9. The Kier molecular flexibility index (Phi) is 6.76. The van der Waals surface area contributed by atoms with Gasteiger partial charge < -0.3 is 40.7 Å². The van der Waals surface area contributed by atoms with Crippen LogP contribution in [-0.2, 0) is 9.53 Å². The number of carbonyl (C=O) groups excluding carboxylic acids is 1. The molecular weight excluding hydrogens is 274 g/mol. The van der Waals surface area contributed by atoms with Crippen LogP contribution in [0.15, 0.2) is 0 Å². The van der Waals surface area contributed by atoms with Crippen LogP contribution >= 0.6 is 0 Å².